The van der Waals surface area contributed by atoms with Crippen molar-refractivity contribution >= 4 is 21.5 Å². The minimum atomic E-state index is -4.89. The summed E-state index contributed by atoms with van der Waals surface area (Å²) in [6.45, 7) is 0. The number of benzene rings is 4. The Labute approximate surface area is 189 Å². The van der Waals surface area contributed by atoms with Crippen molar-refractivity contribution in [2.24, 2.45) is 0 Å². The minimum Gasteiger partial charge on any atom is -0.166 e. The number of fused-ring (bicyclic) bond motifs is 2. The van der Waals surface area contributed by atoms with Crippen LogP contribution in [-0.2, 0) is 12.4 Å². The van der Waals surface area contributed by atoms with Gasteiger partial charge in [-0.3, -0.25) is 0 Å². The first-order valence-electron chi connectivity index (χ1n) is 10.2. The van der Waals surface area contributed by atoms with E-state index in [2.05, 4.69) is 10.2 Å². The number of alkyl halides is 6. The van der Waals surface area contributed by atoms with Gasteiger partial charge in [0.1, 0.15) is 11.4 Å². The second kappa shape index (κ2) is 7.83. The second-order valence-electron chi connectivity index (χ2n) is 7.76. The van der Waals surface area contributed by atoms with Crippen LogP contribution in [0.3, 0.4) is 0 Å². The van der Waals surface area contributed by atoms with Crippen molar-refractivity contribution in [3.63, 3.8) is 0 Å². The lowest BCUT2D eigenvalue weighted by Crippen LogP contribution is -2.12. The second-order valence-corrected chi connectivity index (χ2v) is 7.76. The molecule has 0 spiro atoms. The van der Waals surface area contributed by atoms with Crippen LogP contribution in [0, 0.1) is 0 Å². The number of hydrogen-bond acceptors (Lipinski definition) is 2. The van der Waals surface area contributed by atoms with Crippen molar-refractivity contribution < 1.29 is 26.3 Å². The van der Waals surface area contributed by atoms with Crippen LogP contribution in [0.1, 0.15) is 11.1 Å². The highest BCUT2D eigenvalue weighted by molar-refractivity contribution is 6.08. The van der Waals surface area contributed by atoms with E-state index in [1.54, 1.807) is 54.6 Å². The summed E-state index contributed by atoms with van der Waals surface area (Å²) >= 11 is 0. The lowest BCUT2D eigenvalue weighted by atomic mass is 9.94. The van der Waals surface area contributed by atoms with E-state index in [1.165, 1.54) is 0 Å². The van der Waals surface area contributed by atoms with Crippen molar-refractivity contribution in [1.29, 1.82) is 0 Å². The molecule has 0 radical (unpaired) electrons. The Balaban J connectivity index is 1.90. The largest absolute Gasteiger partial charge is 0.417 e. The highest BCUT2D eigenvalue weighted by Gasteiger charge is 2.38. The molecule has 0 amide bonds. The Hall–Kier alpha value is -3.94. The molecule has 0 aliphatic carbocycles. The Kier molecular flexibility index (Phi) is 5.04. The zero-order chi connectivity index (χ0) is 24.1. The van der Waals surface area contributed by atoms with Gasteiger partial charge in [0.05, 0.1) is 11.1 Å². The van der Waals surface area contributed by atoms with E-state index in [0.717, 1.165) is 5.39 Å². The fourth-order valence-electron chi connectivity index (χ4n) is 4.01. The molecule has 0 fully saturated rings. The summed E-state index contributed by atoms with van der Waals surface area (Å²) in [5.41, 5.74) is -2.24. The number of halogens is 6. The third-order valence-corrected chi connectivity index (χ3v) is 5.60. The summed E-state index contributed by atoms with van der Waals surface area (Å²) in [5, 5.41) is 10.5. The normalized spacial score (nSPS) is 12.4. The van der Waals surface area contributed by atoms with Gasteiger partial charge in [0.15, 0.2) is 0 Å². The van der Waals surface area contributed by atoms with Gasteiger partial charge in [-0.25, -0.2) is 0 Å². The van der Waals surface area contributed by atoms with Crippen molar-refractivity contribution in [2.45, 2.75) is 12.4 Å². The minimum absolute atomic E-state index is 0.265. The zero-order valence-electron chi connectivity index (χ0n) is 17.2. The highest BCUT2D eigenvalue weighted by atomic mass is 19.4. The zero-order valence-corrected chi connectivity index (χ0v) is 17.2. The molecule has 0 N–H and O–H groups in total. The molecule has 0 aliphatic heterocycles. The number of rotatable bonds is 2. The van der Waals surface area contributed by atoms with Gasteiger partial charge < -0.3 is 0 Å². The SMILES string of the molecule is FC(F)(F)c1ccc(C(F)(F)F)c(-c2nnc(-c3ccccc3)c3cc4ccccc4cc23)c1. The predicted octanol–water partition coefficient (Wildman–Crippen LogP) is 8.15. The van der Waals surface area contributed by atoms with Gasteiger partial charge in [-0.15, -0.1) is 10.2 Å². The first-order valence-corrected chi connectivity index (χ1v) is 10.2. The van der Waals surface area contributed by atoms with Crippen molar-refractivity contribution in [3.8, 4) is 22.5 Å². The van der Waals surface area contributed by atoms with Crippen LogP contribution in [0.15, 0.2) is 84.9 Å². The maximum Gasteiger partial charge on any atom is 0.417 e. The monoisotopic (exact) mass is 468 g/mol. The molecule has 0 aliphatic rings. The highest BCUT2D eigenvalue weighted by Crippen LogP contribution is 2.43. The summed E-state index contributed by atoms with van der Waals surface area (Å²) in [4.78, 5) is 0. The Bertz CT molecular complexity index is 1520. The van der Waals surface area contributed by atoms with Crippen molar-refractivity contribution in [3.05, 3.63) is 96.1 Å². The average Bonchev–Trinajstić information content (AvgIpc) is 2.81. The quantitative estimate of drug-likeness (QED) is 0.193. The van der Waals surface area contributed by atoms with Crippen LogP contribution in [-0.4, -0.2) is 10.2 Å². The van der Waals surface area contributed by atoms with Crippen LogP contribution in [0.25, 0.3) is 44.1 Å². The summed E-state index contributed by atoms with van der Waals surface area (Å²) in [6.07, 6.45) is -9.71. The number of hydrogen-bond donors (Lipinski definition) is 0. The van der Waals surface area contributed by atoms with Gasteiger partial charge in [-0.2, -0.15) is 26.3 Å². The molecular weight excluding hydrogens is 454 g/mol. The lowest BCUT2D eigenvalue weighted by Gasteiger charge is -2.17. The summed E-state index contributed by atoms with van der Waals surface area (Å²) in [6, 6.07) is 20.9. The van der Waals surface area contributed by atoms with E-state index >= 15 is 0 Å². The van der Waals surface area contributed by atoms with E-state index in [0.29, 0.717) is 40.2 Å². The van der Waals surface area contributed by atoms with Crippen molar-refractivity contribution in [1.82, 2.24) is 10.2 Å². The third-order valence-electron chi connectivity index (χ3n) is 5.60. The maximum atomic E-state index is 13.8. The van der Waals surface area contributed by atoms with E-state index in [9.17, 15) is 26.3 Å². The molecule has 5 rings (SSSR count). The van der Waals surface area contributed by atoms with Crippen LogP contribution in [0.5, 0.6) is 0 Å². The third kappa shape index (κ3) is 3.85. The Morgan fingerprint density at radius 3 is 1.68 bits per heavy atom. The molecule has 2 nitrogen and oxygen atoms in total. The van der Waals surface area contributed by atoms with Gasteiger partial charge in [0, 0.05) is 21.9 Å². The van der Waals surface area contributed by atoms with Crippen LogP contribution in [0.2, 0.25) is 0 Å². The van der Waals surface area contributed by atoms with Gasteiger partial charge in [-0.05, 0) is 41.1 Å². The van der Waals surface area contributed by atoms with Gasteiger partial charge >= 0.3 is 12.4 Å². The molecule has 4 aromatic carbocycles. The van der Waals surface area contributed by atoms with E-state index < -0.39 is 29.0 Å². The molecule has 0 saturated carbocycles. The average molecular weight is 468 g/mol. The number of aromatic nitrogens is 2. The van der Waals surface area contributed by atoms with E-state index in [1.807, 2.05) is 12.1 Å². The maximum absolute atomic E-state index is 13.8. The fraction of sp³-hybridized carbons (Fsp3) is 0.0769. The smallest absolute Gasteiger partial charge is 0.166 e. The van der Waals surface area contributed by atoms with Gasteiger partial charge in [0.2, 0.25) is 0 Å². The molecule has 0 saturated heterocycles. The molecule has 1 aromatic heterocycles. The summed E-state index contributed by atoms with van der Waals surface area (Å²) in [7, 11) is 0. The molecule has 34 heavy (non-hydrogen) atoms. The van der Waals surface area contributed by atoms with Crippen LogP contribution >= 0.6 is 0 Å². The summed E-state index contributed by atoms with van der Waals surface area (Å²) < 4.78 is 81.7. The predicted molar refractivity (Wildman–Crippen MR) is 118 cm³/mol. The molecule has 5 aromatic rings. The van der Waals surface area contributed by atoms with Crippen LogP contribution in [0.4, 0.5) is 26.3 Å². The molecular formula is C26H14F6N2. The standard InChI is InChI=1S/C26H14F6N2/c27-25(28,29)18-10-11-22(26(30,31)32)21(14-18)24-20-13-17-9-5-4-8-16(17)12-19(20)23(33-34-24)15-6-2-1-3-7-15/h1-14H. The molecule has 0 bridgehead atoms. The van der Waals surface area contributed by atoms with E-state index in [-0.39, 0.29) is 11.1 Å². The van der Waals surface area contributed by atoms with Gasteiger partial charge in [-0.1, -0.05) is 54.6 Å². The topological polar surface area (TPSA) is 25.8 Å². The molecule has 8 heteroatoms. The van der Waals surface area contributed by atoms with E-state index in [4.69, 9.17) is 0 Å². The summed E-state index contributed by atoms with van der Waals surface area (Å²) in [5.74, 6) is 0. The fourth-order valence-corrected chi connectivity index (χ4v) is 4.01. The van der Waals surface area contributed by atoms with Crippen LogP contribution < -0.4 is 0 Å². The lowest BCUT2D eigenvalue weighted by molar-refractivity contribution is -0.141. The Morgan fingerprint density at radius 2 is 1.09 bits per heavy atom. The molecule has 1 heterocycles. The molecule has 0 unspecified atom stereocenters. The van der Waals surface area contributed by atoms with Crippen molar-refractivity contribution in [2.75, 3.05) is 0 Å². The molecule has 170 valence electrons. The molecule has 0 atom stereocenters. The van der Waals surface area contributed by atoms with Gasteiger partial charge in [0.25, 0.3) is 0 Å². The number of nitrogens with zero attached hydrogens (tertiary/aromatic N) is 2. The first kappa shape index (κ1) is 21.9. The first-order chi connectivity index (χ1) is 16.1. The Morgan fingerprint density at radius 1 is 0.529 bits per heavy atom.